The van der Waals surface area contributed by atoms with Crippen molar-refractivity contribution in [1.82, 2.24) is 0 Å². The zero-order chi connectivity index (χ0) is 21.2. The Labute approximate surface area is 169 Å². The van der Waals surface area contributed by atoms with Crippen molar-refractivity contribution in [1.29, 1.82) is 0 Å². The van der Waals surface area contributed by atoms with Crippen LogP contribution in [0.25, 0.3) is 11.0 Å². The molecule has 0 atom stereocenters. The zero-order valence-electron chi connectivity index (χ0n) is 17.2. The third-order valence-electron chi connectivity index (χ3n) is 4.36. The largest absolute Gasteiger partial charge is 0.497 e. The van der Waals surface area contributed by atoms with Crippen LogP contribution in [0.5, 0.6) is 11.5 Å². The normalized spacial score (nSPS) is 11.3. The molecule has 0 aliphatic rings. The molecule has 0 spiro atoms. The maximum atomic E-state index is 12.6. The number of rotatable bonds is 5. The van der Waals surface area contributed by atoms with Crippen LogP contribution in [0.15, 0.2) is 46.9 Å². The molecule has 1 heterocycles. The molecule has 6 nitrogen and oxygen atoms in total. The first kappa shape index (κ1) is 20.5. The summed E-state index contributed by atoms with van der Waals surface area (Å²) in [6, 6.07) is 11.6. The van der Waals surface area contributed by atoms with Crippen LogP contribution in [-0.2, 0) is 10.2 Å². The van der Waals surface area contributed by atoms with E-state index in [1.807, 2.05) is 20.8 Å². The predicted molar refractivity (Wildman–Crippen MR) is 109 cm³/mol. The van der Waals surface area contributed by atoms with E-state index in [1.54, 1.807) is 56.5 Å². The molecule has 6 heteroatoms. The van der Waals surface area contributed by atoms with Crippen LogP contribution in [0, 0.1) is 0 Å². The predicted octanol–water partition coefficient (Wildman–Crippen LogP) is 5.13. The van der Waals surface area contributed by atoms with Gasteiger partial charge in [-0.2, -0.15) is 0 Å². The summed E-state index contributed by atoms with van der Waals surface area (Å²) in [5.41, 5.74) is 0.874. The van der Waals surface area contributed by atoms with Crippen LogP contribution in [0.1, 0.15) is 54.2 Å². The van der Waals surface area contributed by atoms with Gasteiger partial charge < -0.3 is 18.6 Å². The third kappa shape index (κ3) is 4.26. The van der Waals surface area contributed by atoms with Gasteiger partial charge in [0.05, 0.1) is 19.3 Å². The van der Waals surface area contributed by atoms with Crippen LogP contribution < -0.4 is 9.47 Å². The van der Waals surface area contributed by atoms with E-state index in [1.165, 1.54) is 0 Å². The number of ether oxygens (including phenoxy) is 3. The van der Waals surface area contributed by atoms with Gasteiger partial charge in [-0.3, -0.25) is 0 Å². The molecule has 0 unspecified atom stereocenters. The lowest BCUT2D eigenvalue weighted by Crippen LogP contribution is -2.16. The molecule has 0 bridgehead atoms. The van der Waals surface area contributed by atoms with E-state index in [4.69, 9.17) is 18.6 Å². The first-order valence-electron chi connectivity index (χ1n) is 9.35. The lowest BCUT2D eigenvalue weighted by atomic mass is 9.89. The summed E-state index contributed by atoms with van der Waals surface area (Å²) in [6.45, 7) is 7.87. The molecule has 29 heavy (non-hydrogen) atoms. The topological polar surface area (TPSA) is 75.0 Å². The van der Waals surface area contributed by atoms with Gasteiger partial charge in [0.15, 0.2) is 0 Å². The molecule has 0 saturated heterocycles. The highest BCUT2D eigenvalue weighted by atomic mass is 16.5. The Hall–Kier alpha value is -3.28. The molecule has 3 rings (SSSR count). The Bertz CT molecular complexity index is 1040. The van der Waals surface area contributed by atoms with E-state index in [0.29, 0.717) is 39.4 Å². The maximum Gasteiger partial charge on any atom is 0.343 e. The van der Waals surface area contributed by atoms with Gasteiger partial charge in [-0.15, -0.1) is 0 Å². The highest BCUT2D eigenvalue weighted by molar-refractivity contribution is 6.05. The first-order valence-corrected chi connectivity index (χ1v) is 9.35. The van der Waals surface area contributed by atoms with E-state index < -0.39 is 17.4 Å². The molecule has 0 N–H and O–H groups in total. The van der Waals surface area contributed by atoms with Crippen LogP contribution in [0.3, 0.4) is 0 Å². The summed E-state index contributed by atoms with van der Waals surface area (Å²) in [6.07, 6.45) is 0. The van der Waals surface area contributed by atoms with Gasteiger partial charge in [0.25, 0.3) is 0 Å². The van der Waals surface area contributed by atoms with Crippen molar-refractivity contribution in [2.45, 2.75) is 33.1 Å². The van der Waals surface area contributed by atoms with E-state index in [2.05, 4.69) is 0 Å². The molecule has 0 aliphatic heterocycles. The fourth-order valence-electron chi connectivity index (χ4n) is 2.97. The molecule has 152 valence electrons. The molecule has 0 radical (unpaired) electrons. The second-order valence-electron chi connectivity index (χ2n) is 7.55. The number of carbonyl (C=O) groups is 2. The third-order valence-corrected chi connectivity index (χ3v) is 4.36. The first-order chi connectivity index (χ1) is 13.7. The van der Waals surface area contributed by atoms with E-state index in [-0.39, 0.29) is 6.61 Å². The number of esters is 2. The zero-order valence-corrected chi connectivity index (χ0v) is 17.2. The number of hydrogen-bond donors (Lipinski definition) is 0. The van der Waals surface area contributed by atoms with E-state index >= 15 is 0 Å². The number of fused-ring (bicyclic) bond motifs is 1. The average molecular weight is 396 g/mol. The van der Waals surface area contributed by atoms with Gasteiger partial charge >= 0.3 is 11.9 Å². The molecule has 0 fully saturated rings. The monoisotopic (exact) mass is 396 g/mol. The molecule has 3 aromatic rings. The van der Waals surface area contributed by atoms with Gasteiger partial charge in [-0.05, 0) is 49.4 Å². The summed E-state index contributed by atoms with van der Waals surface area (Å²) >= 11 is 0. The molecule has 0 amide bonds. The lowest BCUT2D eigenvalue weighted by Gasteiger charge is -2.16. The highest BCUT2D eigenvalue weighted by Gasteiger charge is 2.30. The SMILES string of the molecule is CCOC(=O)c1c(C(C)(C)C)oc2ccc(OC(=O)c3ccc(OC)cc3)cc12. The number of carbonyl (C=O) groups excluding carboxylic acids is 2. The Morgan fingerprint density at radius 3 is 2.21 bits per heavy atom. The van der Waals surface area contributed by atoms with Crippen molar-refractivity contribution in [2.24, 2.45) is 0 Å². The average Bonchev–Trinajstić information content (AvgIpc) is 3.07. The fraction of sp³-hybridized carbons (Fsp3) is 0.304. The standard InChI is InChI=1S/C23H24O6/c1-6-27-22(25)19-17-13-16(11-12-18(17)29-20(19)23(2,3)4)28-21(24)14-7-9-15(26-5)10-8-14/h7-13H,6H2,1-5H3. The summed E-state index contributed by atoms with van der Waals surface area (Å²) in [5.74, 6) is 0.517. The Kier molecular flexibility index (Phi) is 5.64. The Balaban J connectivity index is 1.98. The van der Waals surface area contributed by atoms with Crippen molar-refractivity contribution in [2.75, 3.05) is 13.7 Å². The summed E-state index contributed by atoms with van der Waals surface area (Å²) in [7, 11) is 1.56. The van der Waals surface area contributed by atoms with Crippen molar-refractivity contribution in [3.05, 3.63) is 59.4 Å². The fourth-order valence-corrected chi connectivity index (χ4v) is 2.97. The van der Waals surface area contributed by atoms with Crippen molar-refractivity contribution in [3.63, 3.8) is 0 Å². The van der Waals surface area contributed by atoms with Crippen molar-refractivity contribution in [3.8, 4) is 11.5 Å². The van der Waals surface area contributed by atoms with Gasteiger partial charge in [0.1, 0.15) is 28.4 Å². The van der Waals surface area contributed by atoms with Gasteiger partial charge in [-0.1, -0.05) is 20.8 Å². The maximum absolute atomic E-state index is 12.6. The Morgan fingerprint density at radius 2 is 1.62 bits per heavy atom. The number of methoxy groups -OCH3 is 1. The van der Waals surface area contributed by atoms with E-state index in [9.17, 15) is 9.59 Å². The van der Waals surface area contributed by atoms with E-state index in [0.717, 1.165) is 0 Å². The van der Waals surface area contributed by atoms with Crippen LogP contribution >= 0.6 is 0 Å². The van der Waals surface area contributed by atoms with Gasteiger partial charge in [0.2, 0.25) is 0 Å². The minimum absolute atomic E-state index is 0.251. The number of furan rings is 1. The van der Waals surface area contributed by atoms with Gasteiger partial charge in [-0.25, -0.2) is 9.59 Å². The summed E-state index contributed by atoms with van der Waals surface area (Å²) < 4.78 is 21.8. The van der Waals surface area contributed by atoms with Crippen LogP contribution in [0.4, 0.5) is 0 Å². The second kappa shape index (κ2) is 7.99. The molecular weight excluding hydrogens is 372 g/mol. The molecule has 0 aliphatic carbocycles. The summed E-state index contributed by atoms with van der Waals surface area (Å²) in [5, 5.41) is 0.549. The minimum Gasteiger partial charge on any atom is -0.497 e. The molecule has 2 aromatic carbocycles. The van der Waals surface area contributed by atoms with Crippen molar-refractivity contribution < 1.29 is 28.2 Å². The molecular formula is C23H24O6. The Morgan fingerprint density at radius 1 is 0.966 bits per heavy atom. The van der Waals surface area contributed by atoms with Crippen LogP contribution in [0.2, 0.25) is 0 Å². The molecule has 0 saturated carbocycles. The highest BCUT2D eigenvalue weighted by Crippen LogP contribution is 2.36. The second-order valence-corrected chi connectivity index (χ2v) is 7.55. The quantitative estimate of drug-likeness (QED) is 0.439. The van der Waals surface area contributed by atoms with Crippen LogP contribution in [-0.4, -0.2) is 25.7 Å². The smallest absolute Gasteiger partial charge is 0.343 e. The number of benzene rings is 2. The van der Waals surface area contributed by atoms with Gasteiger partial charge in [0, 0.05) is 10.8 Å². The number of hydrogen-bond acceptors (Lipinski definition) is 6. The molecule has 1 aromatic heterocycles. The summed E-state index contributed by atoms with van der Waals surface area (Å²) in [4.78, 5) is 25.1. The lowest BCUT2D eigenvalue weighted by molar-refractivity contribution is 0.0523. The minimum atomic E-state index is -0.510. The van der Waals surface area contributed by atoms with Crippen molar-refractivity contribution >= 4 is 22.9 Å².